The van der Waals surface area contributed by atoms with Crippen molar-refractivity contribution in [3.63, 3.8) is 0 Å². The summed E-state index contributed by atoms with van der Waals surface area (Å²) < 4.78 is 53.0. The van der Waals surface area contributed by atoms with Crippen LogP contribution >= 0.6 is 0 Å². The van der Waals surface area contributed by atoms with E-state index in [9.17, 15) is 27.6 Å². The van der Waals surface area contributed by atoms with Crippen molar-refractivity contribution < 1.29 is 55.5 Å². The molecule has 1 rings (SSSR count). The van der Waals surface area contributed by atoms with Crippen molar-refractivity contribution in [2.24, 2.45) is 0 Å². The van der Waals surface area contributed by atoms with Crippen molar-refractivity contribution in [3.05, 3.63) is 0 Å². The molecular formula is C15H22O12S. The lowest BCUT2D eigenvalue weighted by molar-refractivity contribution is -0.298. The van der Waals surface area contributed by atoms with Crippen LogP contribution in [0.4, 0.5) is 0 Å². The van der Waals surface area contributed by atoms with E-state index in [-0.39, 0.29) is 0 Å². The predicted octanol–water partition coefficient (Wildman–Crippen LogP) is -0.954. The van der Waals surface area contributed by atoms with Gasteiger partial charge in [-0.25, -0.2) is 0 Å². The van der Waals surface area contributed by atoms with E-state index < -0.39 is 71.3 Å². The molecule has 0 N–H and O–H groups in total. The van der Waals surface area contributed by atoms with Crippen LogP contribution in [0.25, 0.3) is 0 Å². The minimum atomic E-state index is -3.91. The second-order valence-electron chi connectivity index (χ2n) is 5.86. The molecule has 0 aromatic rings. The van der Waals surface area contributed by atoms with Crippen LogP contribution in [-0.2, 0) is 57.2 Å². The highest BCUT2D eigenvalue weighted by Crippen LogP contribution is 2.30. The Balaban J connectivity index is 3.33. The van der Waals surface area contributed by atoms with E-state index in [1.165, 1.54) is 0 Å². The monoisotopic (exact) mass is 426 g/mol. The Labute approximate surface area is 161 Å². The van der Waals surface area contributed by atoms with Crippen molar-refractivity contribution in [2.75, 3.05) is 12.9 Å². The summed E-state index contributed by atoms with van der Waals surface area (Å²) in [6, 6.07) is 0. The van der Waals surface area contributed by atoms with Gasteiger partial charge in [0, 0.05) is 27.7 Å². The lowest BCUT2D eigenvalue weighted by Gasteiger charge is -2.43. The van der Waals surface area contributed by atoms with Gasteiger partial charge in [-0.3, -0.25) is 23.4 Å². The minimum absolute atomic E-state index is 0.654. The Kier molecular flexibility index (Phi) is 8.32. The molecule has 1 saturated heterocycles. The first kappa shape index (κ1) is 23.8. The fraction of sp³-hybridized carbons (Fsp3) is 0.733. The summed E-state index contributed by atoms with van der Waals surface area (Å²) in [4.78, 5) is 45.9. The first-order chi connectivity index (χ1) is 12.8. The van der Waals surface area contributed by atoms with E-state index >= 15 is 0 Å². The summed E-state index contributed by atoms with van der Waals surface area (Å²) in [6.07, 6.45) is -6.49. The van der Waals surface area contributed by atoms with Gasteiger partial charge in [-0.15, -0.1) is 0 Å². The molecule has 0 radical (unpaired) electrons. The largest absolute Gasteiger partial charge is 0.456 e. The van der Waals surface area contributed by atoms with E-state index in [1.54, 1.807) is 0 Å². The predicted molar refractivity (Wildman–Crippen MR) is 87.9 cm³/mol. The molecule has 0 saturated carbocycles. The molecule has 0 aromatic heterocycles. The van der Waals surface area contributed by atoms with Crippen LogP contribution in [0, 0.1) is 0 Å². The number of rotatable bonds is 7. The average Bonchev–Trinajstić information content (AvgIpc) is 2.48. The second kappa shape index (κ2) is 9.80. The van der Waals surface area contributed by atoms with Gasteiger partial charge in [0.05, 0.1) is 12.9 Å². The van der Waals surface area contributed by atoms with E-state index in [0.29, 0.717) is 0 Å². The summed E-state index contributed by atoms with van der Waals surface area (Å²) >= 11 is 0. The van der Waals surface area contributed by atoms with Gasteiger partial charge < -0.3 is 23.7 Å². The van der Waals surface area contributed by atoms with Gasteiger partial charge in [0.25, 0.3) is 10.1 Å². The lowest BCUT2D eigenvalue weighted by Crippen LogP contribution is -2.63. The van der Waals surface area contributed by atoms with Crippen molar-refractivity contribution in [1.29, 1.82) is 0 Å². The van der Waals surface area contributed by atoms with Gasteiger partial charge in [-0.05, 0) is 0 Å². The van der Waals surface area contributed by atoms with Crippen LogP contribution in [-0.4, -0.2) is 75.9 Å². The molecule has 0 aromatic carbocycles. The first-order valence-electron chi connectivity index (χ1n) is 7.99. The van der Waals surface area contributed by atoms with Crippen molar-refractivity contribution in [2.45, 2.75) is 58.4 Å². The molecule has 160 valence electrons. The molecule has 5 atom stereocenters. The van der Waals surface area contributed by atoms with Crippen molar-refractivity contribution >= 4 is 34.0 Å². The summed E-state index contributed by atoms with van der Waals surface area (Å²) in [5, 5.41) is 0. The Bertz CT molecular complexity index is 715. The van der Waals surface area contributed by atoms with Gasteiger partial charge in [-0.1, -0.05) is 0 Å². The fourth-order valence-corrected chi connectivity index (χ4v) is 2.82. The maximum Gasteiger partial charge on any atom is 0.305 e. The quantitative estimate of drug-likeness (QED) is 0.279. The number of carbonyl (C=O) groups excluding carboxylic acids is 4. The summed E-state index contributed by atoms with van der Waals surface area (Å²) in [6.45, 7) is 3.55. The molecular weight excluding hydrogens is 404 g/mol. The highest BCUT2D eigenvalue weighted by atomic mass is 32.2. The first-order valence-corrected chi connectivity index (χ1v) is 9.80. The zero-order valence-electron chi connectivity index (χ0n) is 15.9. The zero-order chi connectivity index (χ0) is 21.6. The van der Waals surface area contributed by atoms with E-state index in [2.05, 4.69) is 4.18 Å². The molecule has 1 aliphatic rings. The maximum absolute atomic E-state index is 11.5. The maximum atomic E-state index is 11.5. The third-order valence-corrected chi connectivity index (χ3v) is 3.79. The molecule has 1 heterocycles. The molecule has 0 amide bonds. The fourth-order valence-electron chi connectivity index (χ4n) is 2.44. The van der Waals surface area contributed by atoms with Gasteiger partial charge in [0.2, 0.25) is 12.4 Å². The average molecular weight is 426 g/mol. The van der Waals surface area contributed by atoms with Gasteiger partial charge in [0.1, 0.15) is 6.10 Å². The SMILES string of the molecule is CC(=O)OC1OC(COS(C)(=O)=O)C(OC(C)=O)C(OC(C)=O)C1OC(C)=O. The molecule has 0 aliphatic carbocycles. The van der Waals surface area contributed by atoms with Crippen LogP contribution in [0.3, 0.4) is 0 Å². The molecule has 1 fully saturated rings. The van der Waals surface area contributed by atoms with E-state index in [4.69, 9.17) is 23.7 Å². The van der Waals surface area contributed by atoms with E-state index in [1.807, 2.05) is 0 Å². The van der Waals surface area contributed by atoms with Crippen LogP contribution in [0.15, 0.2) is 0 Å². The smallest absolute Gasteiger partial charge is 0.305 e. The highest BCUT2D eigenvalue weighted by Gasteiger charge is 2.53. The molecule has 0 spiro atoms. The third-order valence-electron chi connectivity index (χ3n) is 3.23. The Hall–Kier alpha value is -2.25. The third kappa shape index (κ3) is 7.78. The standard InChI is InChI=1S/C15H22O12S/c1-7(16)23-12-11(6-22-28(5,20)21)27-15(26-10(4)19)14(25-9(3)18)13(12)24-8(2)17/h11-15H,6H2,1-5H3. The molecule has 5 unspecified atom stereocenters. The molecule has 13 heteroatoms. The summed E-state index contributed by atoms with van der Waals surface area (Å²) in [5.41, 5.74) is 0. The number of hydrogen-bond acceptors (Lipinski definition) is 12. The topological polar surface area (TPSA) is 158 Å². The minimum Gasteiger partial charge on any atom is -0.456 e. The molecule has 1 aliphatic heterocycles. The van der Waals surface area contributed by atoms with Gasteiger partial charge in [-0.2, -0.15) is 8.42 Å². The number of carbonyl (C=O) groups is 4. The molecule has 28 heavy (non-hydrogen) atoms. The van der Waals surface area contributed by atoms with Crippen LogP contribution in [0.1, 0.15) is 27.7 Å². The second-order valence-corrected chi connectivity index (χ2v) is 7.51. The van der Waals surface area contributed by atoms with E-state index in [0.717, 1.165) is 34.0 Å². The lowest BCUT2D eigenvalue weighted by atomic mass is 9.98. The van der Waals surface area contributed by atoms with Crippen molar-refractivity contribution in [3.8, 4) is 0 Å². The normalized spacial score (nSPS) is 27.4. The van der Waals surface area contributed by atoms with Crippen molar-refractivity contribution in [1.82, 2.24) is 0 Å². The number of ether oxygens (including phenoxy) is 5. The van der Waals surface area contributed by atoms with Gasteiger partial charge in [0.15, 0.2) is 12.2 Å². The van der Waals surface area contributed by atoms with Gasteiger partial charge >= 0.3 is 23.9 Å². The summed E-state index contributed by atoms with van der Waals surface area (Å²) in [5.74, 6) is -3.29. The number of hydrogen-bond donors (Lipinski definition) is 0. The Morgan fingerprint density at radius 3 is 1.61 bits per heavy atom. The Morgan fingerprint density at radius 1 is 0.750 bits per heavy atom. The van der Waals surface area contributed by atoms with Crippen LogP contribution in [0.5, 0.6) is 0 Å². The zero-order valence-corrected chi connectivity index (χ0v) is 16.7. The van der Waals surface area contributed by atoms with Crippen LogP contribution < -0.4 is 0 Å². The highest BCUT2D eigenvalue weighted by molar-refractivity contribution is 7.85. The Morgan fingerprint density at radius 2 is 1.18 bits per heavy atom. The molecule has 12 nitrogen and oxygen atoms in total. The van der Waals surface area contributed by atoms with Crippen LogP contribution in [0.2, 0.25) is 0 Å². The summed E-state index contributed by atoms with van der Waals surface area (Å²) in [7, 11) is -3.91. The molecule has 0 bridgehead atoms. The number of esters is 4.